The highest BCUT2D eigenvalue weighted by molar-refractivity contribution is 7.89. The van der Waals surface area contributed by atoms with Gasteiger partial charge in [0.25, 0.3) is 10.0 Å². The van der Waals surface area contributed by atoms with Gasteiger partial charge in [0, 0.05) is 30.5 Å². The summed E-state index contributed by atoms with van der Waals surface area (Å²) in [6.07, 6.45) is 6.03. The van der Waals surface area contributed by atoms with E-state index in [1.807, 2.05) is 6.92 Å². The lowest BCUT2D eigenvalue weighted by Gasteiger charge is -2.33. The first-order valence-electron chi connectivity index (χ1n) is 10.8. The van der Waals surface area contributed by atoms with Gasteiger partial charge in [-0.1, -0.05) is 31.5 Å². The molecule has 0 bridgehead atoms. The number of benzene rings is 1. The predicted octanol–water partition coefficient (Wildman–Crippen LogP) is 1.77. The minimum atomic E-state index is -3.96. The monoisotopic (exact) mass is 448 g/mol. The van der Waals surface area contributed by atoms with Crippen LogP contribution in [0, 0.1) is 6.92 Å². The van der Waals surface area contributed by atoms with E-state index in [0.29, 0.717) is 12.1 Å². The molecule has 1 fully saturated rings. The first-order chi connectivity index (χ1) is 14.7. The number of hydrogen-bond donors (Lipinski definition) is 3. The van der Waals surface area contributed by atoms with Crippen molar-refractivity contribution in [1.82, 2.24) is 20.3 Å². The molecule has 1 aromatic rings. The smallest absolute Gasteiger partial charge is 0.264 e. The van der Waals surface area contributed by atoms with Gasteiger partial charge >= 0.3 is 0 Å². The largest absolute Gasteiger partial charge is 0.353 e. The van der Waals surface area contributed by atoms with Crippen molar-refractivity contribution in [1.29, 1.82) is 0 Å². The molecule has 1 saturated carbocycles. The molecular formula is C22H32N4O4S. The van der Waals surface area contributed by atoms with Crippen LogP contribution < -0.4 is 16.0 Å². The molecule has 0 unspecified atom stereocenters. The van der Waals surface area contributed by atoms with Gasteiger partial charge in [-0.2, -0.15) is 0 Å². The molecule has 1 aliphatic heterocycles. The van der Waals surface area contributed by atoms with Gasteiger partial charge in [-0.25, -0.2) is 8.42 Å². The van der Waals surface area contributed by atoms with E-state index in [1.54, 1.807) is 12.1 Å². The summed E-state index contributed by atoms with van der Waals surface area (Å²) in [7, 11) is -3.96. The van der Waals surface area contributed by atoms with Crippen molar-refractivity contribution in [3.63, 3.8) is 0 Å². The standard InChI is InChI=1S/C22H32N4O4S/c1-15(2)24-17-6-8-18(9-7-17)25-21(27)14-20-22(28)23-12-13-26(20)31(29,30)19-10-4-16(3)5-11-19/h4-5,10-13,15,17-18,20,24H,6-9,14H2,1-3H3,(H,23,28)(H,25,27)/t17?,18?,20-/m1/s1. The number of amides is 2. The second-order valence-electron chi connectivity index (χ2n) is 8.63. The Labute approximate surface area is 184 Å². The van der Waals surface area contributed by atoms with E-state index >= 15 is 0 Å². The molecule has 1 aromatic carbocycles. The maximum absolute atomic E-state index is 13.1. The van der Waals surface area contributed by atoms with Gasteiger partial charge in [0.2, 0.25) is 11.8 Å². The van der Waals surface area contributed by atoms with Gasteiger partial charge in [0.05, 0.1) is 11.3 Å². The maximum atomic E-state index is 13.1. The molecule has 31 heavy (non-hydrogen) atoms. The Morgan fingerprint density at radius 2 is 1.74 bits per heavy atom. The minimum absolute atomic E-state index is 0.0436. The van der Waals surface area contributed by atoms with E-state index in [2.05, 4.69) is 29.8 Å². The Hall–Kier alpha value is -2.39. The zero-order valence-electron chi connectivity index (χ0n) is 18.3. The number of carbonyl (C=O) groups is 2. The molecule has 170 valence electrons. The third-order valence-corrected chi connectivity index (χ3v) is 7.49. The number of hydrogen-bond acceptors (Lipinski definition) is 5. The van der Waals surface area contributed by atoms with E-state index in [-0.39, 0.29) is 23.3 Å². The fourth-order valence-electron chi connectivity index (χ4n) is 4.11. The van der Waals surface area contributed by atoms with Gasteiger partial charge in [-0.05, 0) is 44.7 Å². The van der Waals surface area contributed by atoms with Crippen LogP contribution in [0.5, 0.6) is 0 Å². The summed E-state index contributed by atoms with van der Waals surface area (Å²) in [6.45, 7) is 6.10. The topological polar surface area (TPSA) is 108 Å². The molecule has 1 aliphatic carbocycles. The number of nitrogens with one attached hydrogen (secondary N) is 3. The summed E-state index contributed by atoms with van der Waals surface area (Å²) in [4.78, 5) is 25.2. The second kappa shape index (κ2) is 9.82. The van der Waals surface area contributed by atoms with Crippen LogP contribution in [0.4, 0.5) is 0 Å². The molecule has 3 rings (SSSR count). The van der Waals surface area contributed by atoms with Crippen molar-refractivity contribution in [2.45, 2.75) is 81.9 Å². The Balaban J connectivity index is 1.65. The van der Waals surface area contributed by atoms with Gasteiger partial charge in [-0.3, -0.25) is 13.9 Å². The second-order valence-corrected chi connectivity index (χ2v) is 10.5. The van der Waals surface area contributed by atoms with Gasteiger partial charge < -0.3 is 16.0 Å². The molecule has 0 spiro atoms. The molecule has 0 saturated heterocycles. The van der Waals surface area contributed by atoms with Gasteiger partial charge in [0.1, 0.15) is 6.04 Å². The lowest BCUT2D eigenvalue weighted by atomic mass is 9.90. The summed E-state index contributed by atoms with van der Waals surface area (Å²) < 4.78 is 27.2. The highest BCUT2D eigenvalue weighted by Gasteiger charge is 2.37. The zero-order valence-corrected chi connectivity index (χ0v) is 19.1. The fourth-order valence-corrected chi connectivity index (χ4v) is 5.56. The molecule has 3 N–H and O–H groups in total. The number of sulfonamides is 1. The van der Waals surface area contributed by atoms with Crippen LogP contribution in [-0.4, -0.2) is 48.7 Å². The quantitative estimate of drug-likeness (QED) is 0.589. The molecular weight excluding hydrogens is 416 g/mol. The van der Waals surface area contributed by atoms with Crippen molar-refractivity contribution < 1.29 is 18.0 Å². The Morgan fingerprint density at radius 3 is 2.35 bits per heavy atom. The molecule has 8 nitrogen and oxygen atoms in total. The van der Waals surface area contributed by atoms with E-state index in [4.69, 9.17) is 0 Å². The Bertz CT molecular complexity index is 919. The lowest BCUT2D eigenvalue weighted by molar-refractivity contribution is -0.129. The van der Waals surface area contributed by atoms with Gasteiger partial charge in [-0.15, -0.1) is 0 Å². The normalized spacial score (nSPS) is 24.2. The molecule has 1 atom stereocenters. The maximum Gasteiger partial charge on any atom is 0.264 e. The van der Waals surface area contributed by atoms with Gasteiger partial charge in [0.15, 0.2) is 0 Å². The van der Waals surface area contributed by atoms with Crippen molar-refractivity contribution in [2.24, 2.45) is 0 Å². The van der Waals surface area contributed by atoms with Crippen LogP contribution in [0.2, 0.25) is 0 Å². The molecule has 0 aromatic heterocycles. The molecule has 2 amide bonds. The van der Waals surface area contributed by atoms with Crippen molar-refractivity contribution >= 4 is 21.8 Å². The third-order valence-electron chi connectivity index (χ3n) is 5.69. The van der Waals surface area contributed by atoms with Crippen LogP contribution >= 0.6 is 0 Å². The average molecular weight is 449 g/mol. The van der Waals surface area contributed by atoms with Crippen LogP contribution in [0.1, 0.15) is 51.5 Å². The van der Waals surface area contributed by atoms with E-state index in [1.165, 1.54) is 24.5 Å². The first kappa shape index (κ1) is 23.3. The minimum Gasteiger partial charge on any atom is -0.353 e. The number of rotatable bonds is 7. The highest BCUT2D eigenvalue weighted by atomic mass is 32.2. The summed E-state index contributed by atoms with van der Waals surface area (Å²) in [5.74, 6) is -0.835. The number of aryl methyl sites for hydroxylation is 1. The summed E-state index contributed by atoms with van der Waals surface area (Å²) in [5, 5.41) is 9.02. The summed E-state index contributed by atoms with van der Waals surface area (Å²) in [5.41, 5.74) is 0.931. The SMILES string of the molecule is Cc1ccc(S(=O)(=O)N2C=CNC(=O)[C@H]2CC(=O)NC2CCC(NC(C)C)CC2)cc1. The van der Waals surface area contributed by atoms with E-state index in [9.17, 15) is 18.0 Å². The fraction of sp³-hybridized carbons (Fsp3) is 0.545. The van der Waals surface area contributed by atoms with E-state index < -0.39 is 22.0 Å². The lowest BCUT2D eigenvalue weighted by Crippen LogP contribution is -2.52. The number of nitrogens with zero attached hydrogens (tertiary/aromatic N) is 1. The van der Waals surface area contributed by atoms with Crippen molar-refractivity contribution in [3.05, 3.63) is 42.2 Å². The van der Waals surface area contributed by atoms with Crippen LogP contribution in [-0.2, 0) is 19.6 Å². The van der Waals surface area contributed by atoms with Crippen LogP contribution in [0.15, 0.2) is 41.6 Å². The predicted molar refractivity (Wildman–Crippen MR) is 118 cm³/mol. The molecule has 1 heterocycles. The first-order valence-corrected chi connectivity index (χ1v) is 12.2. The van der Waals surface area contributed by atoms with Crippen LogP contribution in [0.25, 0.3) is 0 Å². The van der Waals surface area contributed by atoms with E-state index in [0.717, 1.165) is 35.6 Å². The van der Waals surface area contributed by atoms with Crippen LogP contribution in [0.3, 0.4) is 0 Å². The molecule has 9 heteroatoms. The summed E-state index contributed by atoms with van der Waals surface area (Å²) >= 11 is 0. The molecule has 0 radical (unpaired) electrons. The summed E-state index contributed by atoms with van der Waals surface area (Å²) in [6, 6.07) is 6.21. The molecule has 2 aliphatic rings. The Kier molecular flexibility index (Phi) is 7.38. The zero-order chi connectivity index (χ0) is 22.6. The highest BCUT2D eigenvalue weighted by Crippen LogP contribution is 2.24. The average Bonchev–Trinajstić information content (AvgIpc) is 2.71. The third kappa shape index (κ3) is 5.86. The Morgan fingerprint density at radius 1 is 1.13 bits per heavy atom. The number of carbonyl (C=O) groups excluding carboxylic acids is 2. The van der Waals surface area contributed by atoms with Crippen molar-refractivity contribution in [2.75, 3.05) is 0 Å². The van der Waals surface area contributed by atoms with Crippen molar-refractivity contribution in [3.8, 4) is 0 Å².